The lowest BCUT2D eigenvalue weighted by atomic mass is 10.2. The van der Waals surface area contributed by atoms with Crippen LogP contribution in [0.25, 0.3) is 10.9 Å². The van der Waals surface area contributed by atoms with Crippen molar-refractivity contribution in [3.63, 3.8) is 0 Å². The Balaban J connectivity index is 1.61. The number of hydrazine groups is 1. The predicted molar refractivity (Wildman–Crippen MR) is 123 cm³/mol. The van der Waals surface area contributed by atoms with E-state index in [2.05, 4.69) is 31.1 Å². The number of aromatic nitrogens is 3. The molecule has 0 fully saturated rings. The van der Waals surface area contributed by atoms with Gasteiger partial charge in [-0.1, -0.05) is 29.8 Å². The molecule has 1 amide bonds. The summed E-state index contributed by atoms with van der Waals surface area (Å²) in [5.74, 6) is -1.26. The summed E-state index contributed by atoms with van der Waals surface area (Å²) in [6.45, 7) is 0. The number of nitrogens with zero attached hydrogens (tertiary/aromatic N) is 5. The van der Waals surface area contributed by atoms with Gasteiger partial charge in [-0.15, -0.1) is 0 Å². The van der Waals surface area contributed by atoms with Gasteiger partial charge in [0.15, 0.2) is 0 Å². The number of carbonyl (C=O) groups excluding carboxylic acids is 1. The number of nitrogens with one attached hydrogen (secondary N) is 3. The van der Waals surface area contributed by atoms with Gasteiger partial charge >= 0.3 is 5.69 Å². The van der Waals surface area contributed by atoms with Crippen molar-refractivity contribution in [1.82, 2.24) is 20.4 Å². The highest BCUT2D eigenvalue weighted by Crippen LogP contribution is 2.32. The summed E-state index contributed by atoms with van der Waals surface area (Å²) in [6, 6.07) is 12.3. The first-order valence-corrected chi connectivity index (χ1v) is 9.83. The molecule has 34 heavy (non-hydrogen) atoms. The van der Waals surface area contributed by atoms with E-state index in [0.29, 0.717) is 11.2 Å². The number of fused-ring (bicyclic) bond motifs is 1. The molecule has 0 aliphatic carbocycles. The fourth-order valence-corrected chi connectivity index (χ4v) is 3.24. The van der Waals surface area contributed by atoms with Crippen LogP contribution in [0.1, 0.15) is 10.4 Å². The smallest absolute Gasteiger partial charge is 0.332 e. The minimum atomic E-state index is -0.805. The van der Waals surface area contributed by atoms with Gasteiger partial charge in [-0.2, -0.15) is 0 Å². The quantitative estimate of drug-likeness (QED) is 0.258. The van der Waals surface area contributed by atoms with Crippen LogP contribution < -0.4 is 16.2 Å². The van der Waals surface area contributed by atoms with E-state index in [1.165, 1.54) is 12.1 Å². The van der Waals surface area contributed by atoms with Crippen LogP contribution in [-0.2, 0) is 0 Å². The highest BCUT2D eigenvalue weighted by molar-refractivity contribution is 6.32. The van der Waals surface area contributed by atoms with Crippen molar-refractivity contribution in [2.24, 2.45) is 0 Å². The summed E-state index contributed by atoms with van der Waals surface area (Å²) in [6.07, 6.45) is 2.65. The fourth-order valence-electron chi connectivity index (χ4n) is 3.05. The molecule has 14 heteroatoms. The topological polar surface area (TPSA) is 178 Å². The van der Waals surface area contributed by atoms with Gasteiger partial charge in [-0.3, -0.25) is 40.9 Å². The number of benzene rings is 2. The number of amides is 1. The average molecular weight is 481 g/mol. The Bertz CT molecular complexity index is 1440. The lowest BCUT2D eigenvalue weighted by Gasteiger charge is -2.12. The third-order valence-electron chi connectivity index (χ3n) is 4.59. The van der Waals surface area contributed by atoms with Crippen molar-refractivity contribution in [2.45, 2.75) is 0 Å². The highest BCUT2D eigenvalue weighted by Gasteiger charge is 2.24. The van der Waals surface area contributed by atoms with E-state index >= 15 is 0 Å². The maximum absolute atomic E-state index is 12.4. The second-order valence-electron chi connectivity index (χ2n) is 6.68. The number of rotatable bonds is 7. The van der Waals surface area contributed by atoms with Crippen LogP contribution >= 0.6 is 11.6 Å². The largest absolute Gasteiger partial charge is 0.355 e. The maximum Gasteiger partial charge on any atom is 0.355 e. The molecule has 0 saturated carbocycles. The fraction of sp³-hybridized carbons (Fsp3) is 0. The average Bonchev–Trinajstić information content (AvgIpc) is 2.82. The van der Waals surface area contributed by atoms with Crippen LogP contribution in [0.4, 0.5) is 28.7 Å². The zero-order valence-corrected chi connectivity index (χ0v) is 17.7. The molecule has 0 aliphatic heterocycles. The Hall–Kier alpha value is -4.91. The molecule has 2 heterocycles. The summed E-state index contributed by atoms with van der Waals surface area (Å²) in [5.41, 5.74) is 4.54. The molecule has 2 aromatic heterocycles. The standard InChI is InChI=1S/C20H13ClN8O5/c21-13-7-6-12(9-15(13)28(31)32)20(30)27-26-19-17(29(33)34)18(23-10-24-19)25-14-5-1-3-11-4-2-8-22-16(11)14/h1-10H,(H,27,30)(H2,23,24,25,26). The lowest BCUT2D eigenvalue weighted by Crippen LogP contribution is -2.30. The second-order valence-corrected chi connectivity index (χ2v) is 7.09. The first-order valence-electron chi connectivity index (χ1n) is 9.45. The highest BCUT2D eigenvalue weighted by atomic mass is 35.5. The molecule has 3 N–H and O–H groups in total. The predicted octanol–water partition coefficient (Wildman–Crippen LogP) is 4.00. The van der Waals surface area contributed by atoms with Crippen molar-refractivity contribution >= 4 is 57.1 Å². The number of pyridine rings is 1. The van der Waals surface area contributed by atoms with Crippen LogP contribution in [0.3, 0.4) is 0 Å². The number of anilines is 3. The van der Waals surface area contributed by atoms with Crippen LogP contribution in [0.5, 0.6) is 0 Å². The van der Waals surface area contributed by atoms with Crippen LogP contribution in [0.15, 0.2) is 61.1 Å². The van der Waals surface area contributed by atoms with Gasteiger partial charge in [0.1, 0.15) is 11.3 Å². The Morgan fingerprint density at radius 3 is 2.47 bits per heavy atom. The molecule has 2 aromatic carbocycles. The number of hydrogen-bond acceptors (Lipinski definition) is 10. The van der Waals surface area contributed by atoms with E-state index in [4.69, 9.17) is 11.6 Å². The number of para-hydroxylation sites is 1. The van der Waals surface area contributed by atoms with E-state index in [1.54, 1.807) is 24.4 Å². The SMILES string of the molecule is O=C(NNc1ncnc(Nc2cccc3cccnc23)c1[N+](=O)[O-])c1ccc(Cl)c([N+](=O)[O-])c1. The number of nitro groups is 2. The van der Waals surface area contributed by atoms with Crippen molar-refractivity contribution in [3.8, 4) is 0 Å². The summed E-state index contributed by atoms with van der Waals surface area (Å²) >= 11 is 5.75. The monoisotopic (exact) mass is 480 g/mol. The molecule has 0 radical (unpaired) electrons. The first kappa shape index (κ1) is 22.3. The Morgan fingerprint density at radius 1 is 0.941 bits per heavy atom. The Kier molecular flexibility index (Phi) is 6.09. The van der Waals surface area contributed by atoms with E-state index in [0.717, 1.165) is 17.8 Å². The minimum absolute atomic E-state index is 0.0968. The lowest BCUT2D eigenvalue weighted by molar-refractivity contribution is -0.384. The van der Waals surface area contributed by atoms with E-state index in [-0.39, 0.29) is 22.2 Å². The van der Waals surface area contributed by atoms with E-state index < -0.39 is 27.1 Å². The summed E-state index contributed by atoms with van der Waals surface area (Å²) < 4.78 is 0. The van der Waals surface area contributed by atoms with Gasteiger partial charge in [0.05, 0.1) is 21.1 Å². The van der Waals surface area contributed by atoms with E-state index in [9.17, 15) is 25.0 Å². The Morgan fingerprint density at radius 2 is 1.71 bits per heavy atom. The zero-order valence-electron chi connectivity index (χ0n) is 16.9. The Labute approximate surface area is 195 Å². The van der Waals surface area contributed by atoms with E-state index in [1.807, 2.05) is 12.1 Å². The maximum atomic E-state index is 12.4. The minimum Gasteiger partial charge on any atom is -0.332 e. The summed E-state index contributed by atoms with van der Waals surface area (Å²) in [7, 11) is 0. The van der Waals surface area contributed by atoms with Crippen LogP contribution in [-0.4, -0.2) is 30.7 Å². The summed E-state index contributed by atoms with van der Waals surface area (Å²) in [5, 5.41) is 26.4. The van der Waals surface area contributed by atoms with Gasteiger partial charge in [-0.25, -0.2) is 9.97 Å². The normalized spacial score (nSPS) is 10.5. The molecular formula is C20H13ClN8O5. The van der Waals surface area contributed by atoms with Crippen molar-refractivity contribution in [3.05, 3.63) is 91.9 Å². The third-order valence-corrected chi connectivity index (χ3v) is 4.91. The van der Waals surface area contributed by atoms with Crippen molar-refractivity contribution in [1.29, 1.82) is 0 Å². The molecular weight excluding hydrogens is 468 g/mol. The first-order chi connectivity index (χ1) is 16.3. The molecule has 13 nitrogen and oxygen atoms in total. The molecule has 0 atom stereocenters. The molecule has 0 aliphatic rings. The third kappa shape index (κ3) is 4.49. The molecule has 170 valence electrons. The number of carbonyl (C=O) groups is 1. The van der Waals surface area contributed by atoms with Gasteiger partial charge in [0.25, 0.3) is 11.6 Å². The van der Waals surface area contributed by atoms with Gasteiger partial charge < -0.3 is 5.32 Å². The molecule has 0 unspecified atom stereocenters. The van der Waals surface area contributed by atoms with Gasteiger partial charge in [0, 0.05) is 23.2 Å². The molecule has 0 bridgehead atoms. The van der Waals surface area contributed by atoms with Crippen molar-refractivity contribution < 1.29 is 14.6 Å². The summed E-state index contributed by atoms with van der Waals surface area (Å²) in [4.78, 5) is 45.9. The van der Waals surface area contributed by atoms with Gasteiger partial charge in [0.2, 0.25) is 11.6 Å². The second kappa shape index (κ2) is 9.30. The number of halogens is 1. The molecule has 0 spiro atoms. The molecule has 4 aromatic rings. The number of hydrogen-bond donors (Lipinski definition) is 3. The zero-order chi connectivity index (χ0) is 24.2. The molecule has 0 saturated heterocycles. The van der Waals surface area contributed by atoms with Crippen LogP contribution in [0, 0.1) is 20.2 Å². The van der Waals surface area contributed by atoms with Crippen LogP contribution in [0.2, 0.25) is 5.02 Å². The van der Waals surface area contributed by atoms with Crippen molar-refractivity contribution in [2.75, 3.05) is 10.7 Å². The number of nitro benzene ring substituents is 1. The van der Waals surface area contributed by atoms with Gasteiger partial charge in [-0.05, 0) is 24.3 Å². The molecule has 4 rings (SSSR count).